The maximum atomic E-state index is 13.2. The molecule has 0 fully saturated rings. The molecule has 0 radical (unpaired) electrons. The average molecular weight is 265 g/mol. The fourth-order valence-corrected chi connectivity index (χ4v) is 1.63. The Labute approximate surface area is 110 Å². The monoisotopic (exact) mass is 265 g/mol. The Balaban J connectivity index is 2.23. The van der Waals surface area contributed by atoms with Gasteiger partial charge in [0.2, 0.25) is 11.7 Å². The van der Waals surface area contributed by atoms with Crippen molar-refractivity contribution in [3.63, 3.8) is 0 Å². The van der Waals surface area contributed by atoms with Gasteiger partial charge in [0.25, 0.3) is 0 Å². The predicted octanol–water partition coefficient (Wildman–Crippen LogP) is 1.44. The Morgan fingerprint density at radius 1 is 1.47 bits per heavy atom. The summed E-state index contributed by atoms with van der Waals surface area (Å²) in [5.74, 6) is 0.386. The van der Waals surface area contributed by atoms with Crippen LogP contribution in [-0.4, -0.2) is 27.4 Å². The molecule has 0 spiro atoms. The fraction of sp³-hybridized carbons (Fsp3) is 0.385. The van der Waals surface area contributed by atoms with Crippen LogP contribution in [0.3, 0.4) is 0 Å². The van der Waals surface area contributed by atoms with Crippen LogP contribution in [0, 0.1) is 12.7 Å². The number of aromatic nitrogens is 2. The molecule has 6 heteroatoms. The normalized spacial score (nSPS) is 14.4. The molecule has 0 bridgehead atoms. The summed E-state index contributed by atoms with van der Waals surface area (Å²) in [6, 6.07) is 4.58. The lowest BCUT2D eigenvalue weighted by Gasteiger charge is -2.17. The van der Waals surface area contributed by atoms with Gasteiger partial charge >= 0.3 is 0 Å². The molecule has 0 amide bonds. The van der Waals surface area contributed by atoms with Gasteiger partial charge in [0.05, 0.1) is 12.0 Å². The minimum absolute atomic E-state index is 0.0976. The molecule has 0 saturated heterocycles. The van der Waals surface area contributed by atoms with E-state index >= 15 is 0 Å². The van der Waals surface area contributed by atoms with Gasteiger partial charge in [-0.15, -0.1) is 0 Å². The molecule has 5 nitrogen and oxygen atoms in total. The molecule has 1 atom stereocenters. The Morgan fingerprint density at radius 3 is 2.84 bits per heavy atom. The Morgan fingerprint density at radius 2 is 2.21 bits per heavy atom. The molecule has 1 aromatic carbocycles. The summed E-state index contributed by atoms with van der Waals surface area (Å²) in [6.45, 7) is 3.36. The number of nitrogens with two attached hydrogens (primary N) is 1. The number of hydrogen-bond acceptors (Lipinski definition) is 5. The van der Waals surface area contributed by atoms with Crippen molar-refractivity contribution >= 4 is 0 Å². The number of rotatable bonds is 4. The topological polar surface area (TPSA) is 85.2 Å². The van der Waals surface area contributed by atoms with Crippen molar-refractivity contribution in [1.82, 2.24) is 10.1 Å². The smallest absolute Gasteiger partial charge is 0.229 e. The summed E-state index contributed by atoms with van der Waals surface area (Å²) in [7, 11) is 0. The van der Waals surface area contributed by atoms with E-state index in [0.717, 1.165) is 0 Å². The van der Waals surface area contributed by atoms with Crippen LogP contribution in [0.4, 0.5) is 4.39 Å². The molecule has 1 heterocycles. The second-order valence-electron chi connectivity index (χ2n) is 4.85. The molecule has 0 saturated carbocycles. The first-order valence-electron chi connectivity index (χ1n) is 5.93. The zero-order valence-electron chi connectivity index (χ0n) is 10.9. The van der Waals surface area contributed by atoms with Gasteiger partial charge in [-0.05, 0) is 37.6 Å². The second kappa shape index (κ2) is 5.07. The zero-order valence-corrected chi connectivity index (χ0v) is 10.9. The lowest BCUT2D eigenvalue weighted by atomic mass is 10.0. The number of halogens is 1. The van der Waals surface area contributed by atoms with Gasteiger partial charge in [-0.3, -0.25) is 0 Å². The molecule has 0 aliphatic carbocycles. The molecule has 1 unspecified atom stereocenters. The molecule has 2 aromatic rings. The molecule has 1 aromatic heterocycles. The number of aryl methyl sites for hydroxylation is 1. The molecule has 3 N–H and O–H groups in total. The Hall–Kier alpha value is -1.79. The highest BCUT2D eigenvalue weighted by molar-refractivity contribution is 5.55. The van der Waals surface area contributed by atoms with Crippen LogP contribution in [0.2, 0.25) is 0 Å². The predicted molar refractivity (Wildman–Crippen MR) is 67.8 cm³/mol. The van der Waals surface area contributed by atoms with Gasteiger partial charge in [0.1, 0.15) is 5.82 Å². The van der Waals surface area contributed by atoms with Crippen LogP contribution in [0.15, 0.2) is 22.7 Å². The highest BCUT2D eigenvalue weighted by atomic mass is 19.1. The second-order valence-corrected chi connectivity index (χ2v) is 4.85. The van der Waals surface area contributed by atoms with Crippen LogP contribution in [0.5, 0.6) is 0 Å². The molecule has 0 aliphatic heterocycles. The maximum absolute atomic E-state index is 13.2. The third kappa shape index (κ3) is 3.15. The standard InChI is InChI=1S/C13H16FN3O2/c1-8-5-9(3-4-10(8)14)12-16-11(19-17-12)6-13(2,18)7-15/h3-5,18H,6-7,15H2,1-2H3. The van der Waals surface area contributed by atoms with E-state index in [4.69, 9.17) is 10.3 Å². The van der Waals surface area contributed by atoms with Gasteiger partial charge in [0.15, 0.2) is 0 Å². The summed E-state index contributed by atoms with van der Waals surface area (Å²) < 4.78 is 18.2. The van der Waals surface area contributed by atoms with Gasteiger partial charge in [0, 0.05) is 12.1 Å². The van der Waals surface area contributed by atoms with Crippen LogP contribution in [0.1, 0.15) is 18.4 Å². The summed E-state index contributed by atoms with van der Waals surface area (Å²) >= 11 is 0. The van der Waals surface area contributed by atoms with Crippen LogP contribution >= 0.6 is 0 Å². The number of benzene rings is 1. The van der Waals surface area contributed by atoms with Crippen molar-refractivity contribution in [2.75, 3.05) is 6.54 Å². The Bertz CT molecular complexity index is 581. The zero-order chi connectivity index (χ0) is 14.0. The summed E-state index contributed by atoms with van der Waals surface area (Å²) in [5.41, 5.74) is 5.53. The first-order chi connectivity index (χ1) is 8.91. The van der Waals surface area contributed by atoms with Crippen molar-refractivity contribution < 1.29 is 14.0 Å². The van der Waals surface area contributed by atoms with Gasteiger partial charge in [-0.1, -0.05) is 5.16 Å². The number of aliphatic hydroxyl groups is 1. The highest BCUT2D eigenvalue weighted by Crippen LogP contribution is 2.20. The quantitative estimate of drug-likeness (QED) is 0.873. The average Bonchev–Trinajstić information content (AvgIpc) is 2.80. The van der Waals surface area contributed by atoms with Gasteiger partial charge in [-0.25, -0.2) is 4.39 Å². The van der Waals surface area contributed by atoms with E-state index in [-0.39, 0.29) is 18.8 Å². The van der Waals surface area contributed by atoms with Crippen LogP contribution in [-0.2, 0) is 6.42 Å². The van der Waals surface area contributed by atoms with E-state index in [2.05, 4.69) is 10.1 Å². The lowest BCUT2D eigenvalue weighted by molar-refractivity contribution is 0.0610. The number of nitrogens with zero attached hydrogens (tertiary/aromatic N) is 2. The fourth-order valence-electron chi connectivity index (χ4n) is 1.63. The van der Waals surface area contributed by atoms with Crippen LogP contribution in [0.25, 0.3) is 11.4 Å². The molecular formula is C13H16FN3O2. The van der Waals surface area contributed by atoms with Crippen LogP contribution < -0.4 is 5.73 Å². The molecule has 19 heavy (non-hydrogen) atoms. The summed E-state index contributed by atoms with van der Waals surface area (Å²) in [4.78, 5) is 4.17. The minimum Gasteiger partial charge on any atom is -0.388 e. The van der Waals surface area contributed by atoms with E-state index in [1.54, 1.807) is 26.0 Å². The van der Waals surface area contributed by atoms with Crippen molar-refractivity contribution in [3.05, 3.63) is 35.5 Å². The van der Waals surface area contributed by atoms with Crippen molar-refractivity contribution in [3.8, 4) is 11.4 Å². The first kappa shape index (κ1) is 13.6. The van der Waals surface area contributed by atoms with Crippen molar-refractivity contribution in [1.29, 1.82) is 0 Å². The largest absolute Gasteiger partial charge is 0.388 e. The van der Waals surface area contributed by atoms with E-state index in [1.807, 2.05) is 0 Å². The lowest BCUT2D eigenvalue weighted by Crippen LogP contribution is -2.36. The molecule has 2 rings (SSSR count). The molecule has 0 aliphatic rings. The first-order valence-corrected chi connectivity index (χ1v) is 5.93. The maximum Gasteiger partial charge on any atom is 0.229 e. The van der Waals surface area contributed by atoms with Crippen molar-refractivity contribution in [2.24, 2.45) is 5.73 Å². The SMILES string of the molecule is Cc1cc(-c2noc(CC(C)(O)CN)n2)ccc1F. The molecule has 102 valence electrons. The van der Waals surface area contributed by atoms with Crippen molar-refractivity contribution in [2.45, 2.75) is 25.9 Å². The van der Waals surface area contributed by atoms with Gasteiger partial charge in [-0.2, -0.15) is 4.98 Å². The number of hydrogen-bond donors (Lipinski definition) is 2. The highest BCUT2D eigenvalue weighted by Gasteiger charge is 2.23. The third-order valence-corrected chi connectivity index (χ3v) is 2.86. The van der Waals surface area contributed by atoms with E-state index in [1.165, 1.54) is 6.07 Å². The van der Waals surface area contributed by atoms with E-state index < -0.39 is 5.60 Å². The van der Waals surface area contributed by atoms with Gasteiger partial charge < -0.3 is 15.4 Å². The molecular weight excluding hydrogens is 249 g/mol. The van der Waals surface area contributed by atoms with E-state index in [0.29, 0.717) is 22.8 Å². The third-order valence-electron chi connectivity index (χ3n) is 2.86. The van der Waals surface area contributed by atoms with E-state index in [9.17, 15) is 9.50 Å². The minimum atomic E-state index is -1.08. The Kier molecular flexibility index (Phi) is 3.64. The summed E-state index contributed by atoms with van der Waals surface area (Å²) in [6.07, 6.45) is 0.177. The summed E-state index contributed by atoms with van der Waals surface area (Å²) in [5, 5.41) is 13.6.